The van der Waals surface area contributed by atoms with E-state index in [-0.39, 0.29) is 16.1 Å². The molecule has 0 atom stereocenters. The molecular weight excluding hydrogens is 360 g/mol. The summed E-state index contributed by atoms with van der Waals surface area (Å²) in [5, 5.41) is 3.07. The maximum Gasteiger partial charge on any atom is 0.245 e. The van der Waals surface area contributed by atoms with Crippen LogP contribution in [0.25, 0.3) is 0 Å². The van der Waals surface area contributed by atoms with Gasteiger partial charge in [0.25, 0.3) is 0 Å². The second-order valence-corrected chi connectivity index (χ2v) is 6.92. The van der Waals surface area contributed by atoms with E-state index in [4.69, 9.17) is 8.83 Å². The number of aryl methyl sites for hydroxylation is 1. The fraction of sp³-hybridized carbons (Fsp3) is 0.385. The first-order valence-corrected chi connectivity index (χ1v) is 8.74. The molecule has 0 aliphatic heterocycles. The summed E-state index contributed by atoms with van der Waals surface area (Å²) in [5.74, 6) is 1.85. The van der Waals surface area contributed by atoms with E-state index in [1.54, 1.807) is 19.1 Å². The molecule has 2 N–H and O–H groups in total. The van der Waals surface area contributed by atoms with Crippen LogP contribution in [0.2, 0.25) is 0 Å². The minimum atomic E-state index is -3.66. The molecule has 2 rings (SSSR count). The van der Waals surface area contributed by atoms with Gasteiger partial charge in [-0.05, 0) is 41.5 Å². The molecule has 0 radical (unpaired) electrons. The fourth-order valence-corrected chi connectivity index (χ4v) is 3.73. The molecular formula is C13H17BrN2O4S. The summed E-state index contributed by atoms with van der Waals surface area (Å²) in [4.78, 5) is 0.0821. The van der Waals surface area contributed by atoms with Crippen LogP contribution >= 0.6 is 15.9 Å². The largest absolute Gasteiger partial charge is 0.465 e. The topological polar surface area (TPSA) is 84.5 Å². The monoisotopic (exact) mass is 376 g/mol. The Morgan fingerprint density at radius 2 is 1.95 bits per heavy atom. The smallest absolute Gasteiger partial charge is 0.245 e. The van der Waals surface area contributed by atoms with E-state index in [0.29, 0.717) is 18.1 Å². The average molecular weight is 377 g/mol. The van der Waals surface area contributed by atoms with Crippen molar-refractivity contribution in [3.05, 3.63) is 40.1 Å². The standard InChI is InChI=1S/C13H17BrN2O4S/c1-3-15-7-11-6-12(13(14)20-11)21(17,18)16-8-10-5-4-9(2)19-10/h4-6,15-16H,3,7-8H2,1-2H3. The summed E-state index contributed by atoms with van der Waals surface area (Å²) in [6.45, 7) is 5.11. The molecule has 8 heteroatoms. The molecule has 0 bridgehead atoms. The van der Waals surface area contributed by atoms with E-state index < -0.39 is 10.0 Å². The molecule has 0 saturated carbocycles. The van der Waals surface area contributed by atoms with Crippen molar-refractivity contribution in [3.8, 4) is 0 Å². The lowest BCUT2D eigenvalue weighted by atomic mass is 10.4. The molecule has 0 amide bonds. The van der Waals surface area contributed by atoms with Crippen LogP contribution < -0.4 is 10.0 Å². The van der Waals surface area contributed by atoms with Gasteiger partial charge in [-0.25, -0.2) is 13.1 Å². The zero-order valence-corrected chi connectivity index (χ0v) is 14.2. The number of hydrogen-bond donors (Lipinski definition) is 2. The third-order valence-electron chi connectivity index (χ3n) is 2.78. The maximum absolute atomic E-state index is 12.3. The number of sulfonamides is 1. The second kappa shape index (κ2) is 6.78. The van der Waals surface area contributed by atoms with Gasteiger partial charge in [0.2, 0.25) is 10.0 Å². The van der Waals surface area contributed by atoms with Crippen molar-refractivity contribution in [1.29, 1.82) is 0 Å². The van der Waals surface area contributed by atoms with Gasteiger partial charge in [0.15, 0.2) is 4.67 Å². The molecule has 2 aromatic rings. The average Bonchev–Trinajstić information content (AvgIpc) is 3.00. The van der Waals surface area contributed by atoms with Gasteiger partial charge in [0.05, 0.1) is 13.1 Å². The van der Waals surface area contributed by atoms with Crippen LogP contribution in [0.5, 0.6) is 0 Å². The van der Waals surface area contributed by atoms with Gasteiger partial charge in [-0.2, -0.15) is 0 Å². The summed E-state index contributed by atoms with van der Waals surface area (Å²) < 4.78 is 37.9. The number of nitrogens with one attached hydrogen (secondary N) is 2. The van der Waals surface area contributed by atoms with Crippen molar-refractivity contribution < 1.29 is 17.3 Å². The van der Waals surface area contributed by atoms with Gasteiger partial charge >= 0.3 is 0 Å². The summed E-state index contributed by atoms with van der Waals surface area (Å²) in [6, 6.07) is 5.02. The van der Waals surface area contributed by atoms with Crippen LogP contribution in [0.3, 0.4) is 0 Å². The van der Waals surface area contributed by atoms with Crippen molar-refractivity contribution in [2.75, 3.05) is 6.54 Å². The summed E-state index contributed by atoms with van der Waals surface area (Å²) >= 11 is 3.14. The highest BCUT2D eigenvalue weighted by molar-refractivity contribution is 9.10. The third kappa shape index (κ3) is 4.19. The number of halogens is 1. The Hall–Kier alpha value is -1.09. The predicted molar refractivity (Wildman–Crippen MR) is 81.3 cm³/mol. The molecule has 0 fully saturated rings. The van der Waals surface area contributed by atoms with E-state index in [0.717, 1.165) is 12.3 Å². The Bertz CT molecular complexity index is 706. The van der Waals surface area contributed by atoms with E-state index >= 15 is 0 Å². The maximum atomic E-state index is 12.3. The van der Waals surface area contributed by atoms with Crippen molar-refractivity contribution in [3.63, 3.8) is 0 Å². The Morgan fingerprint density at radius 3 is 2.57 bits per heavy atom. The van der Waals surface area contributed by atoms with Crippen molar-refractivity contribution >= 4 is 26.0 Å². The van der Waals surface area contributed by atoms with Gasteiger partial charge in [-0.3, -0.25) is 0 Å². The Kier molecular flexibility index (Phi) is 5.26. The van der Waals surface area contributed by atoms with E-state index in [9.17, 15) is 8.42 Å². The normalized spacial score (nSPS) is 12.0. The lowest BCUT2D eigenvalue weighted by Gasteiger charge is -2.03. The molecule has 0 aliphatic rings. The summed E-state index contributed by atoms with van der Waals surface area (Å²) in [7, 11) is -3.66. The quantitative estimate of drug-likeness (QED) is 0.775. The minimum absolute atomic E-state index is 0.0821. The zero-order chi connectivity index (χ0) is 15.5. The van der Waals surface area contributed by atoms with Gasteiger partial charge < -0.3 is 14.2 Å². The molecule has 0 saturated heterocycles. The molecule has 0 unspecified atom stereocenters. The molecule has 2 heterocycles. The predicted octanol–water partition coefficient (Wildman–Crippen LogP) is 2.53. The van der Waals surface area contributed by atoms with Crippen LogP contribution in [0, 0.1) is 6.92 Å². The minimum Gasteiger partial charge on any atom is -0.465 e. The number of furan rings is 2. The van der Waals surface area contributed by atoms with Crippen LogP contribution in [0.4, 0.5) is 0 Å². The Morgan fingerprint density at radius 1 is 1.19 bits per heavy atom. The lowest BCUT2D eigenvalue weighted by molar-refractivity contribution is 0.462. The highest BCUT2D eigenvalue weighted by Crippen LogP contribution is 2.26. The van der Waals surface area contributed by atoms with Crippen molar-refractivity contribution in [2.24, 2.45) is 0 Å². The lowest BCUT2D eigenvalue weighted by Crippen LogP contribution is -2.23. The van der Waals surface area contributed by atoms with Crippen LogP contribution in [-0.2, 0) is 23.1 Å². The fourth-order valence-electron chi connectivity index (χ4n) is 1.74. The molecule has 21 heavy (non-hydrogen) atoms. The van der Waals surface area contributed by atoms with Gasteiger partial charge in [0.1, 0.15) is 22.2 Å². The highest BCUT2D eigenvalue weighted by Gasteiger charge is 2.22. The van der Waals surface area contributed by atoms with Crippen LogP contribution in [-0.4, -0.2) is 15.0 Å². The molecule has 6 nitrogen and oxygen atoms in total. The molecule has 0 aliphatic carbocycles. The van der Waals surface area contributed by atoms with Crippen molar-refractivity contribution in [2.45, 2.75) is 31.8 Å². The van der Waals surface area contributed by atoms with Crippen LogP contribution in [0.1, 0.15) is 24.2 Å². The van der Waals surface area contributed by atoms with E-state index in [2.05, 4.69) is 26.0 Å². The van der Waals surface area contributed by atoms with Gasteiger partial charge in [-0.15, -0.1) is 0 Å². The van der Waals surface area contributed by atoms with E-state index in [1.165, 1.54) is 6.07 Å². The molecule has 0 spiro atoms. The van der Waals surface area contributed by atoms with E-state index in [1.807, 2.05) is 6.92 Å². The zero-order valence-electron chi connectivity index (χ0n) is 11.8. The third-order valence-corrected chi connectivity index (χ3v) is 5.04. The summed E-state index contributed by atoms with van der Waals surface area (Å²) in [6.07, 6.45) is 0. The second-order valence-electron chi connectivity index (χ2n) is 4.47. The SMILES string of the molecule is CCNCc1cc(S(=O)(=O)NCc2ccc(C)o2)c(Br)o1. The summed E-state index contributed by atoms with van der Waals surface area (Å²) in [5.41, 5.74) is 0. The Labute approximate surface area is 132 Å². The molecule has 116 valence electrons. The van der Waals surface area contributed by atoms with Gasteiger partial charge in [-0.1, -0.05) is 6.92 Å². The van der Waals surface area contributed by atoms with Crippen LogP contribution in [0.15, 0.2) is 36.6 Å². The first-order chi connectivity index (χ1) is 9.92. The Balaban J connectivity index is 2.09. The van der Waals surface area contributed by atoms with Gasteiger partial charge in [0, 0.05) is 6.07 Å². The molecule has 0 aromatic carbocycles. The van der Waals surface area contributed by atoms with Crippen molar-refractivity contribution in [1.82, 2.24) is 10.0 Å². The number of rotatable bonds is 7. The molecule has 2 aromatic heterocycles. The first kappa shape index (κ1) is 16.3. The highest BCUT2D eigenvalue weighted by atomic mass is 79.9. The number of hydrogen-bond acceptors (Lipinski definition) is 5. The first-order valence-electron chi connectivity index (χ1n) is 6.46.